The molecule has 0 saturated carbocycles. The maximum Gasteiger partial charge on any atom is 0.0589 e. The number of rotatable bonds is 5. The van der Waals surface area contributed by atoms with E-state index < -0.39 is 0 Å². The van der Waals surface area contributed by atoms with E-state index in [0.717, 1.165) is 45.9 Å². The Hall–Kier alpha value is -0.160. The predicted molar refractivity (Wildman–Crippen MR) is 63.2 cm³/mol. The van der Waals surface area contributed by atoms with Crippen molar-refractivity contribution < 1.29 is 9.84 Å². The van der Waals surface area contributed by atoms with E-state index in [4.69, 9.17) is 9.84 Å². The number of hydrogen-bond acceptors (Lipinski definition) is 4. The first-order chi connectivity index (χ1) is 7.36. The molecule has 1 rings (SSSR count). The van der Waals surface area contributed by atoms with Gasteiger partial charge >= 0.3 is 0 Å². The highest BCUT2D eigenvalue weighted by Gasteiger charge is 2.15. The number of β-amino-alcohol motifs (C(OH)–C–C–N with tert-alkyl or cyclic N) is 1. The van der Waals surface area contributed by atoms with E-state index in [0.29, 0.717) is 0 Å². The number of piperazine rings is 1. The Morgan fingerprint density at radius 2 is 1.47 bits per heavy atom. The molecule has 0 aromatic heterocycles. The van der Waals surface area contributed by atoms with Crippen molar-refractivity contribution in [2.45, 2.75) is 13.8 Å². The van der Waals surface area contributed by atoms with Gasteiger partial charge in [0.15, 0.2) is 0 Å². The lowest BCUT2D eigenvalue weighted by atomic mass is 10.3. The third-order valence-corrected chi connectivity index (χ3v) is 2.49. The van der Waals surface area contributed by atoms with Crippen molar-refractivity contribution in [1.29, 1.82) is 0 Å². The molecule has 1 heterocycles. The van der Waals surface area contributed by atoms with E-state index in [1.807, 2.05) is 13.8 Å². The number of methoxy groups -OCH3 is 1. The van der Waals surface area contributed by atoms with Gasteiger partial charge in [-0.2, -0.15) is 0 Å². The molecule has 0 spiro atoms. The lowest BCUT2D eigenvalue weighted by molar-refractivity contribution is 0.0871. The quantitative estimate of drug-likeness (QED) is 0.718. The van der Waals surface area contributed by atoms with Gasteiger partial charge in [0.1, 0.15) is 0 Å². The van der Waals surface area contributed by atoms with Gasteiger partial charge in [0.2, 0.25) is 0 Å². The van der Waals surface area contributed by atoms with E-state index in [1.54, 1.807) is 7.11 Å². The first-order valence-electron chi connectivity index (χ1n) is 5.91. The molecule has 1 aliphatic heterocycles. The van der Waals surface area contributed by atoms with Crippen LogP contribution >= 0.6 is 0 Å². The fraction of sp³-hybridized carbons (Fsp3) is 1.00. The van der Waals surface area contributed by atoms with Gasteiger partial charge < -0.3 is 9.84 Å². The van der Waals surface area contributed by atoms with Crippen molar-refractivity contribution in [1.82, 2.24) is 9.80 Å². The summed E-state index contributed by atoms with van der Waals surface area (Å²) >= 11 is 0. The van der Waals surface area contributed by atoms with Crippen LogP contribution in [0.15, 0.2) is 0 Å². The number of aliphatic hydroxyl groups is 1. The molecule has 0 unspecified atom stereocenters. The summed E-state index contributed by atoms with van der Waals surface area (Å²) < 4.78 is 5.02. The van der Waals surface area contributed by atoms with Gasteiger partial charge in [-0.15, -0.1) is 0 Å². The Morgan fingerprint density at radius 3 is 1.87 bits per heavy atom. The largest absolute Gasteiger partial charge is 0.395 e. The minimum Gasteiger partial charge on any atom is -0.395 e. The number of nitrogens with zero attached hydrogens (tertiary/aromatic N) is 2. The van der Waals surface area contributed by atoms with Gasteiger partial charge in [0.25, 0.3) is 0 Å². The van der Waals surface area contributed by atoms with Gasteiger partial charge in [0, 0.05) is 46.4 Å². The highest BCUT2D eigenvalue weighted by atomic mass is 16.5. The molecular weight excluding hydrogens is 192 g/mol. The van der Waals surface area contributed by atoms with E-state index >= 15 is 0 Å². The lowest BCUT2D eigenvalue weighted by Crippen LogP contribution is -2.47. The Morgan fingerprint density at radius 1 is 1.00 bits per heavy atom. The second-order valence-corrected chi connectivity index (χ2v) is 3.40. The fourth-order valence-corrected chi connectivity index (χ4v) is 1.60. The predicted octanol–water partition coefficient (Wildman–Crippen LogP) is 0.269. The van der Waals surface area contributed by atoms with Crippen LogP contribution in [0.3, 0.4) is 0 Å². The number of ether oxygens (including phenoxy) is 1. The molecule has 0 amide bonds. The molecule has 4 heteroatoms. The lowest BCUT2D eigenvalue weighted by Gasteiger charge is -2.34. The van der Waals surface area contributed by atoms with E-state index in [-0.39, 0.29) is 6.61 Å². The molecule has 1 N–H and O–H groups in total. The zero-order chi connectivity index (χ0) is 11.5. The molecule has 0 radical (unpaired) electrons. The molecule has 4 nitrogen and oxygen atoms in total. The van der Waals surface area contributed by atoms with E-state index in [1.165, 1.54) is 0 Å². The van der Waals surface area contributed by atoms with Gasteiger partial charge in [-0.1, -0.05) is 13.8 Å². The van der Waals surface area contributed by atoms with Gasteiger partial charge in [-0.3, -0.25) is 9.80 Å². The Bertz CT molecular complexity index is 126. The SMILES string of the molecule is CC.COCCN1CCN(CCO)CC1. The van der Waals surface area contributed by atoms with Crippen molar-refractivity contribution >= 4 is 0 Å². The van der Waals surface area contributed by atoms with Crippen molar-refractivity contribution in [2.24, 2.45) is 0 Å². The van der Waals surface area contributed by atoms with Crippen molar-refractivity contribution in [3.63, 3.8) is 0 Å². The third-order valence-electron chi connectivity index (χ3n) is 2.49. The van der Waals surface area contributed by atoms with Crippen LogP contribution < -0.4 is 0 Å². The Labute approximate surface area is 93.8 Å². The highest BCUT2D eigenvalue weighted by Crippen LogP contribution is 2.00. The van der Waals surface area contributed by atoms with Crippen LogP contribution in [0.2, 0.25) is 0 Å². The van der Waals surface area contributed by atoms with Gasteiger partial charge in [0.05, 0.1) is 13.2 Å². The number of hydrogen-bond donors (Lipinski definition) is 1. The average Bonchev–Trinajstić information content (AvgIpc) is 2.31. The van der Waals surface area contributed by atoms with E-state index in [2.05, 4.69) is 9.80 Å². The normalized spacial score (nSPS) is 18.4. The molecule has 0 aromatic rings. The van der Waals surface area contributed by atoms with Crippen LogP contribution in [0, 0.1) is 0 Å². The zero-order valence-electron chi connectivity index (χ0n) is 10.4. The van der Waals surface area contributed by atoms with Crippen molar-refractivity contribution in [2.75, 3.05) is 59.6 Å². The summed E-state index contributed by atoms with van der Waals surface area (Å²) in [6.07, 6.45) is 0. The summed E-state index contributed by atoms with van der Waals surface area (Å²) in [4.78, 5) is 4.70. The highest BCUT2D eigenvalue weighted by molar-refractivity contribution is 4.71. The zero-order valence-corrected chi connectivity index (χ0v) is 10.4. The molecule has 92 valence electrons. The Kier molecular flexibility index (Phi) is 10.3. The minimum atomic E-state index is 0.276. The molecule has 1 saturated heterocycles. The monoisotopic (exact) mass is 218 g/mol. The van der Waals surface area contributed by atoms with Crippen LogP contribution in [0.1, 0.15) is 13.8 Å². The maximum absolute atomic E-state index is 8.75. The van der Waals surface area contributed by atoms with Crippen LogP contribution in [0.25, 0.3) is 0 Å². The van der Waals surface area contributed by atoms with Crippen LogP contribution in [-0.4, -0.2) is 74.5 Å². The molecular formula is C11H26N2O2. The van der Waals surface area contributed by atoms with Crippen molar-refractivity contribution in [3.8, 4) is 0 Å². The minimum absolute atomic E-state index is 0.276. The maximum atomic E-state index is 8.75. The summed E-state index contributed by atoms with van der Waals surface area (Å²) in [6.45, 7) is 11.3. The smallest absolute Gasteiger partial charge is 0.0589 e. The summed E-state index contributed by atoms with van der Waals surface area (Å²) in [5.41, 5.74) is 0. The summed E-state index contributed by atoms with van der Waals surface area (Å²) in [7, 11) is 1.74. The van der Waals surface area contributed by atoms with Gasteiger partial charge in [-0.05, 0) is 0 Å². The molecule has 0 aliphatic carbocycles. The first kappa shape index (κ1) is 14.8. The van der Waals surface area contributed by atoms with Crippen LogP contribution in [0.4, 0.5) is 0 Å². The van der Waals surface area contributed by atoms with Gasteiger partial charge in [-0.25, -0.2) is 0 Å². The average molecular weight is 218 g/mol. The standard InChI is InChI=1S/C9H20N2O2.C2H6/c1-13-9-7-11-4-2-10(3-5-11)6-8-12;1-2/h12H,2-9H2,1H3;1-2H3. The molecule has 0 bridgehead atoms. The molecule has 0 aromatic carbocycles. The summed E-state index contributed by atoms with van der Waals surface area (Å²) in [5.74, 6) is 0. The summed E-state index contributed by atoms with van der Waals surface area (Å²) in [5, 5.41) is 8.75. The molecule has 1 fully saturated rings. The third kappa shape index (κ3) is 6.84. The Balaban J connectivity index is 0.000000921. The second kappa shape index (κ2) is 10.4. The van der Waals surface area contributed by atoms with E-state index in [9.17, 15) is 0 Å². The van der Waals surface area contributed by atoms with Crippen LogP contribution in [0.5, 0.6) is 0 Å². The molecule has 1 aliphatic rings. The number of aliphatic hydroxyl groups excluding tert-OH is 1. The second-order valence-electron chi connectivity index (χ2n) is 3.40. The summed E-state index contributed by atoms with van der Waals surface area (Å²) in [6, 6.07) is 0. The van der Waals surface area contributed by atoms with Crippen molar-refractivity contribution in [3.05, 3.63) is 0 Å². The topological polar surface area (TPSA) is 35.9 Å². The molecule has 15 heavy (non-hydrogen) atoms. The molecule has 0 atom stereocenters. The first-order valence-corrected chi connectivity index (χ1v) is 5.91. The van der Waals surface area contributed by atoms with Crippen LogP contribution in [-0.2, 0) is 4.74 Å². The fourth-order valence-electron chi connectivity index (χ4n) is 1.60.